The van der Waals surface area contributed by atoms with Crippen LogP contribution in [0.3, 0.4) is 0 Å². The van der Waals surface area contributed by atoms with Gasteiger partial charge in [-0.3, -0.25) is 0 Å². The van der Waals surface area contributed by atoms with E-state index in [1.807, 2.05) is 0 Å². The SMILES string of the molecule is COC(=O)c1ncn(-c2ccc(S(=O)(=O)N(C)C)cn2)n1. The third-order valence-electron chi connectivity index (χ3n) is 2.59. The van der Waals surface area contributed by atoms with Crippen molar-refractivity contribution < 1.29 is 17.9 Å². The molecule has 0 fully saturated rings. The second kappa shape index (κ2) is 5.58. The van der Waals surface area contributed by atoms with E-state index in [-0.39, 0.29) is 10.7 Å². The lowest BCUT2D eigenvalue weighted by molar-refractivity contribution is 0.0587. The summed E-state index contributed by atoms with van der Waals surface area (Å²) in [6.45, 7) is 0. The van der Waals surface area contributed by atoms with Crippen LogP contribution in [0.4, 0.5) is 0 Å². The number of carbonyl (C=O) groups is 1. The molecule has 2 aromatic rings. The van der Waals surface area contributed by atoms with Gasteiger partial charge in [0.05, 0.1) is 7.11 Å². The van der Waals surface area contributed by atoms with Crippen LogP contribution in [0.5, 0.6) is 0 Å². The summed E-state index contributed by atoms with van der Waals surface area (Å²) in [7, 11) is 0.555. The van der Waals surface area contributed by atoms with E-state index in [1.165, 1.54) is 50.5 Å². The summed E-state index contributed by atoms with van der Waals surface area (Å²) in [4.78, 5) is 19.1. The normalized spacial score (nSPS) is 11.6. The minimum absolute atomic E-state index is 0.0598. The quantitative estimate of drug-likeness (QED) is 0.713. The maximum absolute atomic E-state index is 11.9. The molecule has 0 unspecified atom stereocenters. The van der Waals surface area contributed by atoms with Crippen LogP contribution in [0, 0.1) is 0 Å². The van der Waals surface area contributed by atoms with Gasteiger partial charge in [-0.2, -0.15) is 0 Å². The van der Waals surface area contributed by atoms with Gasteiger partial charge in [-0.15, -0.1) is 5.10 Å². The fourth-order valence-corrected chi connectivity index (χ4v) is 2.28. The van der Waals surface area contributed by atoms with E-state index in [2.05, 4.69) is 19.8 Å². The number of pyridine rings is 1. The Morgan fingerprint density at radius 1 is 1.29 bits per heavy atom. The van der Waals surface area contributed by atoms with E-state index < -0.39 is 16.0 Å². The van der Waals surface area contributed by atoms with Crippen molar-refractivity contribution in [3.8, 4) is 5.82 Å². The Hall–Kier alpha value is -2.33. The number of hydrogen-bond donors (Lipinski definition) is 0. The first-order valence-corrected chi connectivity index (χ1v) is 7.19. The number of ether oxygens (including phenoxy) is 1. The zero-order chi connectivity index (χ0) is 15.6. The average molecular weight is 311 g/mol. The molecular formula is C11H13N5O4S. The maximum Gasteiger partial charge on any atom is 0.377 e. The fourth-order valence-electron chi connectivity index (χ4n) is 1.43. The Bertz CT molecular complexity index is 751. The molecule has 2 heterocycles. The van der Waals surface area contributed by atoms with Crippen LogP contribution < -0.4 is 0 Å². The summed E-state index contributed by atoms with van der Waals surface area (Å²) in [5.74, 6) is -0.444. The summed E-state index contributed by atoms with van der Waals surface area (Å²) in [5.41, 5.74) is 0. The Morgan fingerprint density at radius 3 is 2.52 bits per heavy atom. The first-order chi connectivity index (χ1) is 9.86. The summed E-state index contributed by atoms with van der Waals surface area (Å²) in [6, 6.07) is 2.86. The van der Waals surface area contributed by atoms with Crippen molar-refractivity contribution in [3.05, 3.63) is 30.5 Å². The number of hydrogen-bond acceptors (Lipinski definition) is 7. The predicted octanol–water partition coefficient (Wildman–Crippen LogP) is -0.301. The Kier molecular flexibility index (Phi) is 4.00. The number of nitrogens with zero attached hydrogens (tertiary/aromatic N) is 5. The molecule has 2 rings (SSSR count). The average Bonchev–Trinajstić information content (AvgIpc) is 2.96. The first-order valence-electron chi connectivity index (χ1n) is 5.75. The van der Waals surface area contributed by atoms with Crippen LogP contribution >= 0.6 is 0 Å². The molecule has 0 atom stereocenters. The summed E-state index contributed by atoms with van der Waals surface area (Å²) in [5, 5.41) is 3.89. The van der Waals surface area contributed by atoms with Gasteiger partial charge in [0.15, 0.2) is 5.82 Å². The fraction of sp³-hybridized carbons (Fsp3) is 0.273. The summed E-state index contributed by atoms with van der Waals surface area (Å²) in [6.07, 6.45) is 2.50. The van der Waals surface area contributed by atoms with Crippen LogP contribution in [0.25, 0.3) is 5.82 Å². The molecule has 10 heteroatoms. The van der Waals surface area contributed by atoms with Gasteiger partial charge in [0.2, 0.25) is 10.0 Å². The molecule has 0 spiro atoms. The molecule has 9 nitrogen and oxygen atoms in total. The lowest BCUT2D eigenvalue weighted by atomic mass is 10.5. The largest absolute Gasteiger partial charge is 0.463 e. The van der Waals surface area contributed by atoms with Crippen molar-refractivity contribution in [3.63, 3.8) is 0 Å². The Balaban J connectivity index is 2.32. The van der Waals surface area contributed by atoms with Crippen LogP contribution in [0.2, 0.25) is 0 Å². The smallest absolute Gasteiger partial charge is 0.377 e. The van der Waals surface area contributed by atoms with E-state index in [0.29, 0.717) is 5.82 Å². The standard InChI is InChI=1S/C11H13N5O4S/c1-15(2)21(18,19)8-4-5-9(12-6-8)16-7-13-10(14-16)11(17)20-3/h4-7H,1-3H3. The molecule has 0 radical (unpaired) electrons. The monoisotopic (exact) mass is 311 g/mol. The highest BCUT2D eigenvalue weighted by atomic mass is 32.2. The number of methoxy groups -OCH3 is 1. The molecule has 112 valence electrons. The highest BCUT2D eigenvalue weighted by Gasteiger charge is 2.18. The van der Waals surface area contributed by atoms with Crippen molar-refractivity contribution >= 4 is 16.0 Å². The van der Waals surface area contributed by atoms with E-state index in [0.717, 1.165) is 4.31 Å². The highest BCUT2D eigenvalue weighted by molar-refractivity contribution is 7.89. The molecular weight excluding hydrogens is 298 g/mol. The van der Waals surface area contributed by atoms with Gasteiger partial charge in [0, 0.05) is 20.3 Å². The van der Waals surface area contributed by atoms with Crippen molar-refractivity contribution in [2.75, 3.05) is 21.2 Å². The number of carbonyl (C=O) groups excluding carboxylic acids is 1. The molecule has 0 amide bonds. The molecule has 2 aromatic heterocycles. The summed E-state index contributed by atoms with van der Waals surface area (Å²) < 4.78 is 30.6. The highest BCUT2D eigenvalue weighted by Crippen LogP contribution is 2.13. The summed E-state index contributed by atoms with van der Waals surface area (Å²) >= 11 is 0. The van der Waals surface area contributed by atoms with Crippen molar-refractivity contribution in [1.82, 2.24) is 24.1 Å². The number of sulfonamides is 1. The van der Waals surface area contributed by atoms with Crippen LogP contribution in [0.15, 0.2) is 29.6 Å². The third-order valence-corrected chi connectivity index (χ3v) is 4.39. The molecule has 0 aromatic carbocycles. The van der Waals surface area contributed by atoms with E-state index in [1.54, 1.807) is 0 Å². The van der Waals surface area contributed by atoms with Crippen LogP contribution in [0.1, 0.15) is 10.6 Å². The zero-order valence-electron chi connectivity index (χ0n) is 11.6. The van der Waals surface area contributed by atoms with Crippen LogP contribution in [-0.4, -0.2) is 59.6 Å². The molecule has 0 saturated carbocycles. The van der Waals surface area contributed by atoms with Crippen molar-refractivity contribution in [1.29, 1.82) is 0 Å². The van der Waals surface area contributed by atoms with Gasteiger partial charge in [0.1, 0.15) is 11.2 Å². The maximum atomic E-state index is 11.9. The lowest BCUT2D eigenvalue weighted by Crippen LogP contribution is -2.22. The molecule has 0 N–H and O–H groups in total. The number of aromatic nitrogens is 4. The molecule has 0 aliphatic carbocycles. The van der Waals surface area contributed by atoms with Crippen molar-refractivity contribution in [2.24, 2.45) is 0 Å². The van der Waals surface area contributed by atoms with Gasteiger partial charge in [-0.05, 0) is 12.1 Å². The Labute approximate surface area is 121 Å². The molecule has 0 aliphatic heterocycles. The van der Waals surface area contributed by atoms with E-state index in [9.17, 15) is 13.2 Å². The topological polar surface area (TPSA) is 107 Å². The minimum Gasteiger partial charge on any atom is -0.463 e. The predicted molar refractivity (Wildman–Crippen MR) is 71.4 cm³/mol. The molecule has 0 saturated heterocycles. The molecule has 0 aliphatic rings. The van der Waals surface area contributed by atoms with Gasteiger partial charge < -0.3 is 4.74 Å². The second-order valence-electron chi connectivity index (χ2n) is 4.14. The molecule has 21 heavy (non-hydrogen) atoms. The van der Waals surface area contributed by atoms with E-state index >= 15 is 0 Å². The number of rotatable bonds is 4. The lowest BCUT2D eigenvalue weighted by Gasteiger charge is -2.10. The minimum atomic E-state index is -3.54. The van der Waals surface area contributed by atoms with Gasteiger partial charge in [0.25, 0.3) is 5.82 Å². The van der Waals surface area contributed by atoms with E-state index in [4.69, 9.17) is 0 Å². The first kappa shape index (κ1) is 15.1. The molecule has 0 bridgehead atoms. The van der Waals surface area contributed by atoms with Crippen molar-refractivity contribution in [2.45, 2.75) is 4.90 Å². The van der Waals surface area contributed by atoms with Crippen LogP contribution in [-0.2, 0) is 14.8 Å². The third kappa shape index (κ3) is 2.90. The van der Waals surface area contributed by atoms with Gasteiger partial charge >= 0.3 is 5.97 Å². The zero-order valence-corrected chi connectivity index (χ0v) is 12.4. The number of esters is 1. The second-order valence-corrected chi connectivity index (χ2v) is 6.30. The van der Waals surface area contributed by atoms with Gasteiger partial charge in [-0.25, -0.2) is 32.2 Å². The Morgan fingerprint density at radius 2 is 2.00 bits per heavy atom. The van der Waals surface area contributed by atoms with Gasteiger partial charge in [-0.1, -0.05) is 0 Å².